The smallest absolute Gasteiger partial charge is 0.664 e. The number of methoxy groups -OCH3 is 1. The first-order valence-corrected chi connectivity index (χ1v) is 24.1. The third-order valence-corrected chi connectivity index (χ3v) is 14.3. The summed E-state index contributed by atoms with van der Waals surface area (Å²) in [5.74, 6) is -0.647. The molecule has 1 N–H and O–H groups in total. The van der Waals surface area contributed by atoms with E-state index in [9.17, 15) is 14.4 Å². The van der Waals surface area contributed by atoms with Crippen LogP contribution in [0.15, 0.2) is 29.6 Å². The molecular weight excluding hydrogens is 821 g/mol. The Labute approximate surface area is 404 Å². The van der Waals surface area contributed by atoms with Gasteiger partial charge in [-0.05, 0) is 94.6 Å². The fourth-order valence-electron chi connectivity index (χ4n) is 10.2. The Bertz CT molecular complexity index is 2450. The summed E-state index contributed by atoms with van der Waals surface area (Å²) in [6, 6.07) is 0. The van der Waals surface area contributed by atoms with Gasteiger partial charge in [-0.2, -0.15) is 11.4 Å². The van der Waals surface area contributed by atoms with Crippen molar-refractivity contribution in [2.75, 3.05) is 13.7 Å². The van der Waals surface area contributed by atoms with Crippen LogP contribution in [0.25, 0.3) is 35.2 Å². The van der Waals surface area contributed by atoms with E-state index in [4.69, 9.17) is 24.8 Å². The van der Waals surface area contributed by atoms with Gasteiger partial charge in [-0.15, -0.1) is 22.1 Å². The Morgan fingerprint density at radius 1 is 0.877 bits per heavy atom. The number of Topliss-reactive ketones (excluding diaryl/α,β-unsaturated/α-hetero) is 1. The van der Waals surface area contributed by atoms with Crippen molar-refractivity contribution in [2.24, 2.45) is 35.5 Å². The molecule has 0 spiro atoms. The van der Waals surface area contributed by atoms with Crippen molar-refractivity contribution in [1.82, 2.24) is 15.0 Å². The van der Waals surface area contributed by atoms with E-state index in [1.54, 1.807) is 0 Å². The van der Waals surface area contributed by atoms with Gasteiger partial charge in [0.2, 0.25) is 0 Å². The van der Waals surface area contributed by atoms with Crippen LogP contribution in [0.5, 0.6) is 0 Å². The molecule has 6 rings (SSSR count). The van der Waals surface area contributed by atoms with Crippen LogP contribution in [-0.2, 0) is 25.5 Å². The second-order valence-corrected chi connectivity index (χ2v) is 19.5. The number of allylic oxidation sites excluding steroid dienone is 3. The Kier molecular flexibility index (Phi) is 18.3. The van der Waals surface area contributed by atoms with Gasteiger partial charge in [-0.25, -0.2) is 0 Å². The number of esters is 2. The third kappa shape index (κ3) is 11.6. The minimum absolute atomic E-state index is 0. The molecule has 10 heteroatoms. The molecule has 8 bridgehead atoms. The SMILES string of the molecule is C=Cc1c2[nH]c(c1C)/C=C1\[N-]/C(=C3\c4[n-]c(c(C)c4C(=O)[C@@H]3C(=O)OC)/C=c3\[n-]/c(c(C)c3CC)=C\2)[C@@H](CCC(=O)OC/C=C(\C)CCC[C@H](C)CCC[C@H](C)CCCC(C)C)[C@@H]1C.[Mg+2]. The van der Waals surface area contributed by atoms with Crippen molar-refractivity contribution in [3.05, 3.63) is 102 Å². The van der Waals surface area contributed by atoms with Crippen molar-refractivity contribution in [1.29, 1.82) is 0 Å². The van der Waals surface area contributed by atoms with E-state index in [2.05, 4.69) is 80.0 Å². The summed E-state index contributed by atoms with van der Waals surface area (Å²) < 4.78 is 11.1. The second-order valence-electron chi connectivity index (χ2n) is 19.5. The number of fused-ring (bicyclic) bond motifs is 7. The van der Waals surface area contributed by atoms with Crippen LogP contribution in [0.2, 0.25) is 0 Å². The maximum Gasteiger partial charge on any atom is 2.00 e. The number of aromatic amines is 1. The summed E-state index contributed by atoms with van der Waals surface area (Å²) in [6.07, 6.45) is 22.6. The predicted octanol–water partition coefficient (Wildman–Crippen LogP) is 10.7. The van der Waals surface area contributed by atoms with Gasteiger partial charge in [0.25, 0.3) is 0 Å². The van der Waals surface area contributed by atoms with Crippen LogP contribution < -0.4 is 20.7 Å². The summed E-state index contributed by atoms with van der Waals surface area (Å²) in [4.78, 5) is 55.2. The minimum Gasteiger partial charge on any atom is -0.664 e. The number of nitrogens with zero attached hydrogens (tertiary/aromatic N) is 3. The number of hydrogen-bond donors (Lipinski definition) is 1. The summed E-state index contributed by atoms with van der Waals surface area (Å²) in [6.45, 7) is 26.1. The Morgan fingerprint density at radius 3 is 2.20 bits per heavy atom. The Balaban J connectivity index is 0.00000793. The maximum absolute atomic E-state index is 14.4. The first-order chi connectivity index (χ1) is 30.6. The maximum atomic E-state index is 14.4. The molecule has 5 heterocycles. The molecule has 0 saturated carbocycles. The van der Waals surface area contributed by atoms with Gasteiger partial charge in [0, 0.05) is 28.9 Å². The van der Waals surface area contributed by atoms with E-state index in [1.165, 1.54) is 57.6 Å². The zero-order valence-corrected chi connectivity index (χ0v) is 42.8. The van der Waals surface area contributed by atoms with Crippen LogP contribution in [0.1, 0.15) is 180 Å². The molecule has 0 aromatic carbocycles. The van der Waals surface area contributed by atoms with Crippen LogP contribution in [0.3, 0.4) is 0 Å². The fraction of sp³-hybridized carbons (Fsp3) is 0.545. The molecule has 1 fully saturated rings. The number of nitrogens with one attached hydrogen (secondary N) is 1. The zero-order valence-electron chi connectivity index (χ0n) is 41.3. The molecule has 0 radical (unpaired) electrons. The molecule has 3 aromatic heterocycles. The number of aromatic nitrogens is 3. The van der Waals surface area contributed by atoms with Crippen LogP contribution in [0.4, 0.5) is 0 Å². The molecule has 5 atom stereocenters. The van der Waals surface area contributed by atoms with E-state index in [1.807, 2.05) is 31.2 Å². The normalized spacial score (nSPS) is 21.7. The number of carbonyl (C=O) groups excluding carboxylic acids is 3. The number of carbonyl (C=O) groups is 3. The molecule has 3 aromatic rings. The number of H-pyrrole nitrogens is 1. The third-order valence-electron chi connectivity index (χ3n) is 14.3. The molecule has 1 aliphatic carbocycles. The van der Waals surface area contributed by atoms with Crippen LogP contribution >= 0.6 is 0 Å². The Morgan fingerprint density at radius 2 is 1.55 bits per heavy atom. The molecule has 65 heavy (non-hydrogen) atoms. The number of rotatable bonds is 20. The Hall–Kier alpha value is -4.28. The molecule has 2 aliphatic heterocycles. The van der Waals surface area contributed by atoms with E-state index in [0.29, 0.717) is 46.1 Å². The summed E-state index contributed by atoms with van der Waals surface area (Å²) >= 11 is 0. The van der Waals surface area contributed by atoms with Crippen molar-refractivity contribution >= 4 is 70.7 Å². The molecule has 1 saturated heterocycles. The van der Waals surface area contributed by atoms with Crippen molar-refractivity contribution in [3.63, 3.8) is 0 Å². The fourth-order valence-corrected chi connectivity index (χ4v) is 10.2. The van der Waals surface area contributed by atoms with E-state index in [-0.39, 0.29) is 59.7 Å². The molecule has 9 nitrogen and oxygen atoms in total. The topological polar surface area (TPSA) is 128 Å². The number of ketones is 1. The second kappa shape index (κ2) is 22.9. The quantitative estimate of drug-likeness (QED) is 0.0518. The zero-order chi connectivity index (χ0) is 46.4. The van der Waals surface area contributed by atoms with E-state index >= 15 is 0 Å². The van der Waals surface area contributed by atoms with Gasteiger partial charge in [-0.1, -0.05) is 145 Å². The van der Waals surface area contributed by atoms with E-state index < -0.39 is 11.9 Å². The number of ether oxygens (including phenoxy) is 2. The van der Waals surface area contributed by atoms with Crippen molar-refractivity contribution < 1.29 is 23.9 Å². The van der Waals surface area contributed by atoms with Crippen LogP contribution in [0, 0.1) is 56.3 Å². The van der Waals surface area contributed by atoms with Gasteiger partial charge in [0.05, 0.1) is 7.11 Å². The van der Waals surface area contributed by atoms with Gasteiger partial charge in [0.15, 0.2) is 5.78 Å². The minimum atomic E-state index is -1.21. The first-order valence-electron chi connectivity index (χ1n) is 24.1. The van der Waals surface area contributed by atoms with Gasteiger partial charge < -0.3 is 29.7 Å². The van der Waals surface area contributed by atoms with Crippen LogP contribution in [-0.4, -0.2) is 59.5 Å². The largest absolute Gasteiger partial charge is 2.00 e. The van der Waals surface area contributed by atoms with E-state index in [0.717, 1.165) is 81.1 Å². The first kappa shape index (κ1) is 51.7. The van der Waals surface area contributed by atoms with Gasteiger partial charge >= 0.3 is 35.0 Å². The average Bonchev–Trinajstić information content (AvgIpc) is 3.99. The monoisotopic (exact) mass is 894 g/mol. The van der Waals surface area contributed by atoms with Gasteiger partial charge in [0.1, 0.15) is 12.5 Å². The van der Waals surface area contributed by atoms with Gasteiger partial charge in [-0.3, -0.25) is 14.4 Å². The van der Waals surface area contributed by atoms with Crippen molar-refractivity contribution in [3.8, 4) is 0 Å². The molecule has 3 aliphatic rings. The molecule has 0 amide bonds. The molecule has 346 valence electrons. The number of hydrogen-bond acceptors (Lipinski definition) is 5. The van der Waals surface area contributed by atoms with Crippen molar-refractivity contribution in [2.45, 2.75) is 146 Å². The average molecular weight is 895 g/mol. The predicted molar refractivity (Wildman–Crippen MR) is 266 cm³/mol. The molecular formula is C55H73MgN4O5-. The summed E-state index contributed by atoms with van der Waals surface area (Å²) in [5.41, 5.74) is 11.2. The molecule has 0 unspecified atom stereocenters. The standard InChI is InChI=1S/C55H74N4O5.Mg/c1-13-39-35(8)42-28-44-37(10)41(24-25-48(60)64-27-26-34(7)23-17-22-33(6)21-16-20-32(5)19-15-18-31(3)4)52(58-44)50-51(55(62)63-12)54(61)49-38(11)45(59-53(49)50)30-47-40(14-2)36(9)43(57-47)29-46(39)56-42;/h13,26,28-33,37,41,51,56H,1,14-25,27H2,2-12H3,(H-,58,59,61);/q-2;+2/p-1/b34-26+,43-29-,44-28-,47-30-;/t32-,33-,37+,41+,51-;/m1./s1. The summed E-state index contributed by atoms with van der Waals surface area (Å²) in [5, 5.41) is 6.90. The summed E-state index contributed by atoms with van der Waals surface area (Å²) in [7, 11) is 1.30.